The molecule has 1 aliphatic rings. The van der Waals surface area contributed by atoms with Gasteiger partial charge >= 0.3 is 0 Å². The third-order valence-electron chi connectivity index (χ3n) is 5.73. The van der Waals surface area contributed by atoms with Crippen LogP contribution in [-0.4, -0.2) is 51.0 Å². The molecule has 1 aliphatic heterocycles. The maximum atomic E-state index is 13.4. The highest BCUT2D eigenvalue weighted by molar-refractivity contribution is 5.91. The molecule has 152 valence electrons. The number of nitrogens with zero attached hydrogens (tertiary/aromatic N) is 4. The number of rotatable bonds is 7. The van der Waals surface area contributed by atoms with E-state index in [-0.39, 0.29) is 23.5 Å². The Morgan fingerprint density at radius 2 is 2.07 bits per heavy atom. The maximum absolute atomic E-state index is 13.4. The molecule has 7 heteroatoms. The van der Waals surface area contributed by atoms with Gasteiger partial charge in [0.05, 0.1) is 12.2 Å². The number of likely N-dealkylation sites (tertiary alicyclic amines) is 1. The molecule has 0 aliphatic carbocycles. The molecule has 1 aromatic carbocycles. The topological polar surface area (TPSA) is 63.1 Å². The first-order chi connectivity index (χ1) is 13.5. The predicted octanol–water partition coefficient (Wildman–Crippen LogP) is 3.41. The van der Waals surface area contributed by atoms with Crippen LogP contribution < -0.4 is 5.32 Å². The maximum Gasteiger partial charge on any atom is 0.273 e. The fourth-order valence-electron chi connectivity index (χ4n) is 3.96. The second kappa shape index (κ2) is 9.28. The normalized spacial score (nSPS) is 21.4. The Balaban J connectivity index is 1.49. The largest absolute Gasteiger partial charge is 0.351 e. The van der Waals surface area contributed by atoms with Gasteiger partial charge in [-0.2, -0.15) is 0 Å². The number of carbonyl (C=O) groups is 1. The smallest absolute Gasteiger partial charge is 0.273 e. The summed E-state index contributed by atoms with van der Waals surface area (Å²) in [5.41, 5.74) is 1.06. The average molecular weight is 388 g/mol. The van der Waals surface area contributed by atoms with Gasteiger partial charge in [-0.25, -0.2) is 9.07 Å². The van der Waals surface area contributed by atoms with Gasteiger partial charge < -0.3 is 5.32 Å². The molecule has 28 heavy (non-hydrogen) atoms. The fraction of sp³-hybridized carbons (Fsp3) is 0.571. The van der Waals surface area contributed by atoms with E-state index >= 15 is 0 Å². The number of halogens is 1. The van der Waals surface area contributed by atoms with E-state index in [0.29, 0.717) is 18.6 Å². The van der Waals surface area contributed by atoms with Crippen molar-refractivity contribution >= 4 is 5.91 Å². The Morgan fingerprint density at radius 1 is 1.32 bits per heavy atom. The molecule has 0 saturated carbocycles. The molecule has 6 nitrogen and oxygen atoms in total. The summed E-state index contributed by atoms with van der Waals surface area (Å²) >= 11 is 0. The lowest BCUT2D eigenvalue weighted by Crippen LogP contribution is -2.44. The van der Waals surface area contributed by atoms with Gasteiger partial charge in [-0.15, -0.1) is 5.10 Å². The van der Waals surface area contributed by atoms with Crippen molar-refractivity contribution in [1.29, 1.82) is 0 Å². The van der Waals surface area contributed by atoms with Crippen molar-refractivity contribution in [3.63, 3.8) is 0 Å². The van der Waals surface area contributed by atoms with Gasteiger partial charge in [-0.3, -0.25) is 9.69 Å². The Labute approximate surface area is 166 Å². The number of carbonyl (C=O) groups excluding carboxylic acids is 1. The van der Waals surface area contributed by atoms with Crippen LogP contribution in [0.25, 0.3) is 0 Å². The average Bonchev–Trinajstić information content (AvgIpc) is 3.16. The standard InChI is InChI=1S/C21H30FN5O/c1-15-7-4-8-16(2)26(15)12-6-11-23-21(28)20-14-27(25-24-20)17(3)18-9-5-10-19(22)13-18/h5,9-10,13-17H,4,6-8,11-12H2,1-3H3,(H,23,28). The Hall–Kier alpha value is -2.28. The van der Waals surface area contributed by atoms with Crippen molar-refractivity contribution in [2.45, 2.75) is 64.6 Å². The van der Waals surface area contributed by atoms with Crippen LogP contribution in [-0.2, 0) is 0 Å². The summed E-state index contributed by atoms with van der Waals surface area (Å²) < 4.78 is 15.0. The van der Waals surface area contributed by atoms with Gasteiger partial charge in [0.2, 0.25) is 0 Å². The minimum atomic E-state index is -0.292. The minimum absolute atomic E-state index is 0.202. The summed E-state index contributed by atoms with van der Waals surface area (Å²) in [5, 5.41) is 10.9. The first-order valence-electron chi connectivity index (χ1n) is 10.2. The first kappa shape index (κ1) is 20.5. The van der Waals surface area contributed by atoms with Crippen LogP contribution in [0.2, 0.25) is 0 Å². The zero-order valence-corrected chi connectivity index (χ0v) is 16.9. The van der Waals surface area contributed by atoms with Gasteiger partial charge in [-0.1, -0.05) is 23.8 Å². The van der Waals surface area contributed by atoms with Crippen molar-refractivity contribution in [2.75, 3.05) is 13.1 Å². The van der Waals surface area contributed by atoms with E-state index in [1.54, 1.807) is 16.9 Å². The van der Waals surface area contributed by atoms with Gasteiger partial charge in [0.25, 0.3) is 5.91 Å². The number of piperidine rings is 1. The van der Waals surface area contributed by atoms with Crippen LogP contribution in [0.5, 0.6) is 0 Å². The summed E-state index contributed by atoms with van der Waals surface area (Å²) in [6, 6.07) is 7.39. The van der Waals surface area contributed by atoms with E-state index in [4.69, 9.17) is 0 Å². The SMILES string of the molecule is CC1CCCC(C)N1CCCNC(=O)c1cn(C(C)c2cccc(F)c2)nn1. The highest BCUT2D eigenvalue weighted by Gasteiger charge is 2.24. The molecule has 1 aromatic heterocycles. The highest BCUT2D eigenvalue weighted by atomic mass is 19.1. The summed E-state index contributed by atoms with van der Waals surface area (Å²) in [6.07, 6.45) is 6.33. The molecule has 1 saturated heterocycles. The molecule has 1 fully saturated rings. The van der Waals surface area contributed by atoms with E-state index < -0.39 is 0 Å². The zero-order chi connectivity index (χ0) is 20.1. The summed E-state index contributed by atoms with van der Waals surface area (Å²) in [5.74, 6) is -0.516. The van der Waals surface area contributed by atoms with E-state index in [1.807, 2.05) is 13.0 Å². The van der Waals surface area contributed by atoms with Gasteiger partial charge in [-0.05, 0) is 57.7 Å². The van der Waals surface area contributed by atoms with E-state index in [1.165, 1.54) is 31.4 Å². The molecule has 0 spiro atoms. The molecule has 1 amide bonds. The second-order valence-corrected chi connectivity index (χ2v) is 7.79. The highest BCUT2D eigenvalue weighted by Crippen LogP contribution is 2.22. The van der Waals surface area contributed by atoms with Crippen molar-refractivity contribution < 1.29 is 9.18 Å². The van der Waals surface area contributed by atoms with E-state index in [2.05, 4.69) is 34.4 Å². The van der Waals surface area contributed by atoms with E-state index in [0.717, 1.165) is 18.5 Å². The molecular weight excluding hydrogens is 357 g/mol. The third kappa shape index (κ3) is 4.95. The van der Waals surface area contributed by atoms with Crippen molar-refractivity contribution in [2.24, 2.45) is 0 Å². The number of hydrogen-bond donors (Lipinski definition) is 1. The molecule has 2 aromatic rings. The van der Waals surface area contributed by atoms with Crippen LogP contribution in [0.1, 0.15) is 68.5 Å². The Kier molecular flexibility index (Phi) is 6.78. The Morgan fingerprint density at radius 3 is 2.79 bits per heavy atom. The van der Waals surface area contributed by atoms with Crippen LogP contribution in [0, 0.1) is 5.82 Å². The quantitative estimate of drug-likeness (QED) is 0.740. The summed E-state index contributed by atoms with van der Waals surface area (Å²) in [4.78, 5) is 14.9. The molecule has 0 bridgehead atoms. The first-order valence-corrected chi connectivity index (χ1v) is 10.2. The number of benzene rings is 1. The lowest BCUT2D eigenvalue weighted by molar-refractivity contribution is 0.0921. The van der Waals surface area contributed by atoms with Crippen LogP contribution in [0.4, 0.5) is 4.39 Å². The predicted molar refractivity (Wildman–Crippen MR) is 107 cm³/mol. The molecule has 3 atom stereocenters. The molecule has 0 radical (unpaired) electrons. The summed E-state index contributed by atoms with van der Waals surface area (Å²) in [6.45, 7) is 8.07. The number of nitrogens with one attached hydrogen (secondary N) is 1. The third-order valence-corrected chi connectivity index (χ3v) is 5.73. The number of amides is 1. The molecule has 3 rings (SSSR count). The second-order valence-electron chi connectivity index (χ2n) is 7.79. The van der Waals surface area contributed by atoms with Gasteiger partial charge in [0.1, 0.15) is 5.82 Å². The lowest BCUT2D eigenvalue weighted by atomic mass is 9.97. The van der Waals surface area contributed by atoms with Crippen LogP contribution >= 0.6 is 0 Å². The Bertz CT molecular complexity index is 783. The number of hydrogen-bond acceptors (Lipinski definition) is 4. The monoisotopic (exact) mass is 387 g/mol. The van der Waals surface area contributed by atoms with Crippen molar-refractivity contribution in [1.82, 2.24) is 25.2 Å². The molecule has 2 heterocycles. The van der Waals surface area contributed by atoms with Crippen molar-refractivity contribution in [3.05, 3.63) is 47.5 Å². The fourth-order valence-corrected chi connectivity index (χ4v) is 3.96. The molecule has 3 unspecified atom stereocenters. The number of aromatic nitrogens is 3. The molecular formula is C21H30FN5O. The molecule has 1 N–H and O–H groups in total. The summed E-state index contributed by atoms with van der Waals surface area (Å²) in [7, 11) is 0. The van der Waals surface area contributed by atoms with Crippen molar-refractivity contribution in [3.8, 4) is 0 Å². The van der Waals surface area contributed by atoms with Crippen LogP contribution in [0.15, 0.2) is 30.5 Å². The lowest BCUT2D eigenvalue weighted by Gasteiger charge is -2.39. The van der Waals surface area contributed by atoms with E-state index in [9.17, 15) is 9.18 Å². The van der Waals surface area contributed by atoms with Gasteiger partial charge in [0.15, 0.2) is 5.69 Å². The van der Waals surface area contributed by atoms with Gasteiger partial charge in [0, 0.05) is 25.2 Å². The minimum Gasteiger partial charge on any atom is -0.351 e. The zero-order valence-electron chi connectivity index (χ0n) is 16.9. The van der Waals surface area contributed by atoms with Crippen LogP contribution in [0.3, 0.4) is 0 Å².